The Morgan fingerprint density at radius 2 is 2.25 bits per heavy atom. The summed E-state index contributed by atoms with van der Waals surface area (Å²) in [5, 5.41) is 2.83. The van der Waals surface area contributed by atoms with Crippen molar-refractivity contribution < 1.29 is 8.42 Å². The van der Waals surface area contributed by atoms with Gasteiger partial charge in [0.1, 0.15) is 9.39 Å². The number of aromatic nitrogens is 2. The molecule has 0 saturated heterocycles. The van der Waals surface area contributed by atoms with Gasteiger partial charge in [0.05, 0.1) is 12.1 Å². The summed E-state index contributed by atoms with van der Waals surface area (Å²) >= 11 is 1.86. The lowest BCUT2D eigenvalue weighted by molar-refractivity contribution is 0.597. The van der Waals surface area contributed by atoms with Crippen LogP contribution in [0.25, 0.3) is 0 Å². The smallest absolute Gasteiger partial charge is 0.266 e. The van der Waals surface area contributed by atoms with Gasteiger partial charge in [-0.25, -0.2) is 13.4 Å². The summed E-state index contributed by atoms with van der Waals surface area (Å²) in [6.07, 6.45) is 1.28. The number of nitrogens with zero attached hydrogens (tertiary/aromatic N) is 1. The number of halogens is 1. The van der Waals surface area contributed by atoms with Crippen LogP contribution in [0.1, 0.15) is 6.92 Å². The van der Waals surface area contributed by atoms with Crippen LogP contribution in [0.4, 0.5) is 5.82 Å². The Kier molecular flexibility index (Phi) is 4.71. The highest BCUT2D eigenvalue weighted by Crippen LogP contribution is 2.08. The fraction of sp³-hybridized carbons (Fsp3) is 0.500. The topological polar surface area (TPSA) is 91.9 Å². The van der Waals surface area contributed by atoms with Gasteiger partial charge in [0.25, 0.3) is 5.56 Å². The zero-order chi connectivity index (χ0) is 12.2. The van der Waals surface area contributed by atoms with Crippen molar-refractivity contribution in [2.45, 2.75) is 6.92 Å². The zero-order valence-electron chi connectivity index (χ0n) is 8.66. The average Bonchev–Trinajstić information content (AvgIpc) is 2.24. The Bertz CT molecular complexity index is 512. The van der Waals surface area contributed by atoms with Crippen molar-refractivity contribution in [2.75, 3.05) is 23.4 Å². The molecule has 0 aromatic carbocycles. The van der Waals surface area contributed by atoms with Gasteiger partial charge in [0.2, 0.25) is 0 Å². The molecule has 90 valence electrons. The summed E-state index contributed by atoms with van der Waals surface area (Å²) in [5.41, 5.74) is -0.239. The molecule has 1 aromatic heterocycles. The van der Waals surface area contributed by atoms with Gasteiger partial charge in [0, 0.05) is 12.3 Å². The highest BCUT2D eigenvalue weighted by atomic mass is 127. The Labute approximate surface area is 107 Å². The van der Waals surface area contributed by atoms with E-state index in [0.29, 0.717) is 9.39 Å². The number of aromatic amines is 1. The summed E-state index contributed by atoms with van der Waals surface area (Å²) in [6, 6.07) is 0. The van der Waals surface area contributed by atoms with Crippen molar-refractivity contribution in [2.24, 2.45) is 0 Å². The van der Waals surface area contributed by atoms with Crippen LogP contribution in [-0.2, 0) is 9.84 Å². The van der Waals surface area contributed by atoms with E-state index in [4.69, 9.17) is 0 Å². The lowest BCUT2D eigenvalue weighted by Gasteiger charge is -2.06. The van der Waals surface area contributed by atoms with Crippen molar-refractivity contribution in [3.8, 4) is 0 Å². The second-order valence-corrected chi connectivity index (χ2v) is 6.61. The summed E-state index contributed by atoms with van der Waals surface area (Å²) in [6.45, 7) is 1.85. The van der Waals surface area contributed by atoms with E-state index in [1.807, 2.05) is 22.6 Å². The fourth-order valence-corrected chi connectivity index (χ4v) is 2.16. The van der Waals surface area contributed by atoms with Gasteiger partial charge in [-0.05, 0) is 22.6 Å². The molecule has 0 atom stereocenters. The standard InChI is InChI=1S/C8H12IN3O3S/c1-2-16(14,15)4-3-10-7-6(9)8(13)12-5-11-7/h5H,2-4H2,1H3,(H2,10,11,12,13). The Hall–Kier alpha value is -0.640. The van der Waals surface area contributed by atoms with E-state index in [1.54, 1.807) is 6.92 Å². The molecule has 6 nitrogen and oxygen atoms in total. The van der Waals surface area contributed by atoms with Gasteiger partial charge in [-0.2, -0.15) is 0 Å². The van der Waals surface area contributed by atoms with Crippen LogP contribution in [0.2, 0.25) is 0 Å². The molecular formula is C8H12IN3O3S. The first-order valence-corrected chi connectivity index (χ1v) is 7.54. The minimum Gasteiger partial charge on any atom is -0.368 e. The Morgan fingerprint density at radius 1 is 1.56 bits per heavy atom. The van der Waals surface area contributed by atoms with E-state index >= 15 is 0 Å². The molecule has 2 N–H and O–H groups in total. The lowest BCUT2D eigenvalue weighted by Crippen LogP contribution is -2.20. The van der Waals surface area contributed by atoms with Crippen LogP contribution in [0.15, 0.2) is 11.1 Å². The van der Waals surface area contributed by atoms with Crippen molar-refractivity contribution in [3.05, 3.63) is 20.3 Å². The second-order valence-electron chi connectivity index (χ2n) is 3.06. The van der Waals surface area contributed by atoms with E-state index in [2.05, 4.69) is 15.3 Å². The van der Waals surface area contributed by atoms with E-state index in [9.17, 15) is 13.2 Å². The molecule has 0 amide bonds. The van der Waals surface area contributed by atoms with Gasteiger partial charge in [-0.15, -0.1) is 0 Å². The number of rotatable bonds is 5. The summed E-state index contributed by atoms with van der Waals surface area (Å²) < 4.78 is 22.8. The van der Waals surface area contributed by atoms with Crippen LogP contribution in [0, 0.1) is 3.57 Å². The second kappa shape index (κ2) is 5.62. The molecule has 0 bridgehead atoms. The maximum absolute atomic E-state index is 11.2. The zero-order valence-corrected chi connectivity index (χ0v) is 11.6. The average molecular weight is 357 g/mol. The molecule has 0 unspecified atom stereocenters. The normalized spacial score (nSPS) is 11.4. The number of nitrogens with one attached hydrogen (secondary N) is 2. The predicted molar refractivity (Wildman–Crippen MR) is 70.4 cm³/mol. The molecule has 16 heavy (non-hydrogen) atoms. The molecule has 1 heterocycles. The lowest BCUT2D eigenvalue weighted by atomic mass is 10.5. The van der Waals surface area contributed by atoms with Crippen LogP contribution >= 0.6 is 22.6 Å². The highest BCUT2D eigenvalue weighted by molar-refractivity contribution is 14.1. The minimum atomic E-state index is -2.99. The minimum absolute atomic E-state index is 0.0358. The number of anilines is 1. The third-order valence-corrected chi connectivity index (χ3v) is 4.65. The predicted octanol–water partition coefficient (Wildman–Crippen LogP) is 0.221. The maximum Gasteiger partial charge on any atom is 0.266 e. The first-order chi connectivity index (χ1) is 7.46. The number of H-pyrrole nitrogens is 1. The molecule has 0 aliphatic carbocycles. The van der Waals surface area contributed by atoms with Gasteiger partial charge in [0.15, 0.2) is 9.84 Å². The van der Waals surface area contributed by atoms with Crippen LogP contribution < -0.4 is 10.9 Å². The van der Waals surface area contributed by atoms with Crippen molar-refractivity contribution in [3.63, 3.8) is 0 Å². The molecule has 0 fully saturated rings. The first-order valence-electron chi connectivity index (χ1n) is 4.63. The largest absolute Gasteiger partial charge is 0.368 e. The molecule has 0 aliphatic heterocycles. The number of sulfone groups is 1. The maximum atomic E-state index is 11.2. The van der Waals surface area contributed by atoms with E-state index in [1.165, 1.54) is 6.33 Å². The van der Waals surface area contributed by atoms with Crippen molar-refractivity contribution in [1.82, 2.24) is 9.97 Å². The van der Waals surface area contributed by atoms with Crippen LogP contribution in [0.5, 0.6) is 0 Å². The summed E-state index contributed by atoms with van der Waals surface area (Å²) in [4.78, 5) is 17.5. The molecule has 8 heteroatoms. The van der Waals surface area contributed by atoms with Crippen molar-refractivity contribution >= 4 is 38.2 Å². The molecule has 0 spiro atoms. The molecule has 0 radical (unpaired) electrons. The van der Waals surface area contributed by atoms with Crippen molar-refractivity contribution in [1.29, 1.82) is 0 Å². The third-order valence-electron chi connectivity index (χ3n) is 1.94. The SMILES string of the molecule is CCS(=O)(=O)CCNc1nc[nH]c(=O)c1I. The Morgan fingerprint density at radius 3 is 2.88 bits per heavy atom. The monoisotopic (exact) mass is 357 g/mol. The first kappa shape index (κ1) is 13.4. The number of hydrogen-bond acceptors (Lipinski definition) is 5. The van der Waals surface area contributed by atoms with Gasteiger partial charge >= 0.3 is 0 Å². The van der Waals surface area contributed by atoms with Gasteiger partial charge in [-0.1, -0.05) is 6.92 Å². The van der Waals surface area contributed by atoms with E-state index in [0.717, 1.165) is 0 Å². The third kappa shape index (κ3) is 3.74. The molecule has 1 aromatic rings. The quantitative estimate of drug-likeness (QED) is 0.736. The van der Waals surface area contributed by atoms with E-state index in [-0.39, 0.29) is 23.6 Å². The number of hydrogen-bond donors (Lipinski definition) is 2. The fourth-order valence-electron chi connectivity index (χ4n) is 0.976. The molecule has 0 saturated carbocycles. The van der Waals surface area contributed by atoms with Crippen LogP contribution in [-0.4, -0.2) is 36.4 Å². The van der Waals surface area contributed by atoms with Crippen LogP contribution in [0.3, 0.4) is 0 Å². The molecule has 0 aliphatic rings. The van der Waals surface area contributed by atoms with Gasteiger partial charge < -0.3 is 10.3 Å². The highest BCUT2D eigenvalue weighted by Gasteiger charge is 2.08. The Balaban J connectivity index is 2.63. The van der Waals surface area contributed by atoms with Gasteiger partial charge in [-0.3, -0.25) is 4.79 Å². The summed E-state index contributed by atoms with van der Waals surface area (Å²) in [7, 11) is -2.99. The molecule has 1 rings (SSSR count). The van der Waals surface area contributed by atoms with E-state index < -0.39 is 9.84 Å². The molecular weight excluding hydrogens is 345 g/mol. The summed E-state index contributed by atoms with van der Waals surface area (Å²) in [5.74, 6) is 0.568.